The van der Waals surface area contributed by atoms with Gasteiger partial charge in [0, 0.05) is 12.1 Å². The summed E-state index contributed by atoms with van der Waals surface area (Å²) in [6, 6.07) is 0. The zero-order valence-electron chi connectivity index (χ0n) is 9.93. The third-order valence-corrected chi connectivity index (χ3v) is 3.59. The van der Waals surface area contributed by atoms with Gasteiger partial charge in [0.2, 0.25) is 0 Å². The van der Waals surface area contributed by atoms with Crippen LogP contribution in [-0.2, 0) is 0 Å². The van der Waals surface area contributed by atoms with Crippen LogP contribution in [0.1, 0.15) is 47.5 Å². The fourth-order valence-corrected chi connectivity index (χ4v) is 2.29. The lowest BCUT2D eigenvalue weighted by Crippen LogP contribution is -2.49. The molecule has 78 valence electrons. The maximum absolute atomic E-state index is 2.64. The van der Waals surface area contributed by atoms with E-state index in [-0.39, 0.29) is 0 Å². The van der Waals surface area contributed by atoms with Crippen molar-refractivity contribution in [1.82, 2.24) is 4.90 Å². The van der Waals surface area contributed by atoms with E-state index in [1.54, 1.807) is 0 Å². The largest absolute Gasteiger partial charge is 0.298 e. The molecule has 13 heavy (non-hydrogen) atoms. The normalized spacial score (nSPS) is 32.1. The van der Waals surface area contributed by atoms with Crippen molar-refractivity contribution in [3.05, 3.63) is 0 Å². The first-order chi connectivity index (χ1) is 5.95. The highest BCUT2D eigenvalue weighted by atomic mass is 15.2. The molecule has 1 nitrogen and oxygen atoms in total. The van der Waals surface area contributed by atoms with Crippen LogP contribution in [-0.4, -0.2) is 23.5 Å². The van der Waals surface area contributed by atoms with Crippen molar-refractivity contribution in [2.45, 2.75) is 53.0 Å². The van der Waals surface area contributed by atoms with Gasteiger partial charge in [0.1, 0.15) is 0 Å². The molecule has 0 amide bonds. The highest BCUT2D eigenvalue weighted by Gasteiger charge is 2.30. The van der Waals surface area contributed by atoms with Gasteiger partial charge in [-0.1, -0.05) is 20.3 Å². The van der Waals surface area contributed by atoms with Crippen LogP contribution in [0, 0.1) is 11.8 Å². The van der Waals surface area contributed by atoms with Crippen LogP contribution >= 0.6 is 0 Å². The molecule has 0 spiro atoms. The fraction of sp³-hybridized carbons (Fsp3) is 1.00. The lowest BCUT2D eigenvalue weighted by molar-refractivity contribution is 0.0505. The number of rotatable bonds is 1. The molecule has 0 aromatic carbocycles. The molecule has 1 saturated heterocycles. The summed E-state index contributed by atoms with van der Waals surface area (Å²) < 4.78 is 0. The molecule has 1 fully saturated rings. The van der Waals surface area contributed by atoms with Crippen LogP contribution in [0.2, 0.25) is 0 Å². The molecule has 0 N–H and O–H groups in total. The molecule has 1 heterocycles. The van der Waals surface area contributed by atoms with E-state index in [4.69, 9.17) is 0 Å². The topological polar surface area (TPSA) is 3.24 Å². The second-order valence-corrected chi connectivity index (χ2v) is 5.55. The van der Waals surface area contributed by atoms with E-state index in [0.29, 0.717) is 5.54 Å². The van der Waals surface area contributed by atoms with Crippen LogP contribution in [0.5, 0.6) is 0 Å². The summed E-state index contributed by atoms with van der Waals surface area (Å²) in [5.41, 5.74) is 0.369. The van der Waals surface area contributed by atoms with Crippen LogP contribution in [0.15, 0.2) is 0 Å². The Bertz CT molecular complexity index is 157. The Labute approximate surface area is 83.5 Å². The van der Waals surface area contributed by atoms with Crippen molar-refractivity contribution in [2.75, 3.05) is 13.1 Å². The molecule has 0 bridgehead atoms. The van der Waals surface area contributed by atoms with E-state index in [0.717, 1.165) is 11.8 Å². The summed E-state index contributed by atoms with van der Waals surface area (Å²) in [5, 5.41) is 0. The summed E-state index contributed by atoms with van der Waals surface area (Å²) >= 11 is 0. The van der Waals surface area contributed by atoms with Crippen LogP contribution in [0.25, 0.3) is 0 Å². The molecule has 0 aromatic rings. The van der Waals surface area contributed by atoms with Gasteiger partial charge in [0.05, 0.1) is 0 Å². The van der Waals surface area contributed by atoms with Crippen molar-refractivity contribution in [2.24, 2.45) is 11.8 Å². The SMILES string of the molecule is CC[C@H]1CN(C(C)(C)C)CC[C@H]1C. The first-order valence-corrected chi connectivity index (χ1v) is 5.70. The average molecular weight is 183 g/mol. The van der Waals surface area contributed by atoms with Crippen molar-refractivity contribution in [3.63, 3.8) is 0 Å². The van der Waals surface area contributed by atoms with Crippen LogP contribution in [0.4, 0.5) is 0 Å². The van der Waals surface area contributed by atoms with Gasteiger partial charge >= 0.3 is 0 Å². The molecule has 1 aliphatic heterocycles. The quantitative estimate of drug-likeness (QED) is 0.603. The molecule has 2 atom stereocenters. The first kappa shape index (κ1) is 11.0. The van der Waals surface area contributed by atoms with Gasteiger partial charge in [-0.15, -0.1) is 0 Å². The molecule has 0 aromatic heterocycles. The molecule has 0 aliphatic carbocycles. The second-order valence-electron chi connectivity index (χ2n) is 5.55. The standard InChI is InChI=1S/C12H25N/c1-6-11-9-13(12(3,4)5)8-7-10(11)2/h10-11H,6-9H2,1-5H3/t10-,11+/m1/s1. The molecule has 0 unspecified atom stereocenters. The summed E-state index contributed by atoms with van der Waals surface area (Å²) in [4.78, 5) is 2.64. The Morgan fingerprint density at radius 2 is 1.92 bits per heavy atom. The van der Waals surface area contributed by atoms with Gasteiger partial charge in [-0.25, -0.2) is 0 Å². The lowest BCUT2D eigenvalue weighted by atomic mass is 9.83. The smallest absolute Gasteiger partial charge is 0.0125 e. The Kier molecular flexibility index (Phi) is 3.39. The highest BCUT2D eigenvalue weighted by molar-refractivity contribution is 4.84. The van der Waals surface area contributed by atoms with E-state index in [9.17, 15) is 0 Å². The maximum atomic E-state index is 2.64. The number of piperidine rings is 1. The fourth-order valence-electron chi connectivity index (χ4n) is 2.29. The van der Waals surface area contributed by atoms with Gasteiger partial charge in [-0.2, -0.15) is 0 Å². The van der Waals surface area contributed by atoms with E-state index >= 15 is 0 Å². The third-order valence-electron chi connectivity index (χ3n) is 3.59. The van der Waals surface area contributed by atoms with Crippen LogP contribution in [0.3, 0.4) is 0 Å². The summed E-state index contributed by atoms with van der Waals surface area (Å²) in [6.07, 6.45) is 2.73. The van der Waals surface area contributed by atoms with Crippen molar-refractivity contribution in [1.29, 1.82) is 0 Å². The van der Waals surface area contributed by atoms with E-state index in [1.807, 2.05) is 0 Å². The minimum atomic E-state index is 0.369. The summed E-state index contributed by atoms with van der Waals surface area (Å²) in [5.74, 6) is 1.86. The molecule has 0 saturated carbocycles. The Morgan fingerprint density at radius 3 is 2.38 bits per heavy atom. The molecule has 1 heteroatoms. The Morgan fingerprint density at radius 1 is 1.31 bits per heavy atom. The zero-order valence-corrected chi connectivity index (χ0v) is 9.93. The van der Waals surface area contributed by atoms with Gasteiger partial charge in [0.25, 0.3) is 0 Å². The Hall–Kier alpha value is -0.0400. The zero-order chi connectivity index (χ0) is 10.1. The first-order valence-electron chi connectivity index (χ1n) is 5.70. The third kappa shape index (κ3) is 2.70. The molecule has 1 rings (SSSR count). The maximum Gasteiger partial charge on any atom is 0.0125 e. The van der Waals surface area contributed by atoms with Gasteiger partial charge in [-0.05, 0) is 45.6 Å². The molecular weight excluding hydrogens is 158 g/mol. The van der Waals surface area contributed by atoms with Crippen molar-refractivity contribution in [3.8, 4) is 0 Å². The minimum absolute atomic E-state index is 0.369. The number of nitrogens with zero attached hydrogens (tertiary/aromatic N) is 1. The van der Waals surface area contributed by atoms with E-state index in [2.05, 4.69) is 39.5 Å². The highest BCUT2D eigenvalue weighted by Crippen LogP contribution is 2.29. The van der Waals surface area contributed by atoms with Crippen LogP contribution < -0.4 is 0 Å². The number of hydrogen-bond acceptors (Lipinski definition) is 1. The predicted molar refractivity (Wildman–Crippen MR) is 58.9 cm³/mol. The van der Waals surface area contributed by atoms with Crippen molar-refractivity contribution < 1.29 is 0 Å². The Balaban J connectivity index is 2.55. The molecule has 1 aliphatic rings. The summed E-state index contributed by atoms with van der Waals surface area (Å²) in [6.45, 7) is 14.3. The molecular formula is C12H25N. The average Bonchev–Trinajstić information content (AvgIpc) is 2.03. The monoisotopic (exact) mass is 183 g/mol. The van der Waals surface area contributed by atoms with Gasteiger partial charge < -0.3 is 0 Å². The summed E-state index contributed by atoms with van der Waals surface area (Å²) in [7, 11) is 0. The number of likely N-dealkylation sites (tertiary alicyclic amines) is 1. The van der Waals surface area contributed by atoms with Gasteiger partial charge in [-0.3, -0.25) is 4.90 Å². The van der Waals surface area contributed by atoms with E-state index in [1.165, 1.54) is 25.9 Å². The predicted octanol–water partition coefficient (Wildman–Crippen LogP) is 3.15. The second kappa shape index (κ2) is 4.00. The van der Waals surface area contributed by atoms with E-state index < -0.39 is 0 Å². The van der Waals surface area contributed by atoms with Gasteiger partial charge in [0.15, 0.2) is 0 Å². The number of hydrogen-bond donors (Lipinski definition) is 0. The molecule has 0 radical (unpaired) electrons. The lowest BCUT2D eigenvalue weighted by Gasteiger charge is -2.44. The van der Waals surface area contributed by atoms with Crippen molar-refractivity contribution >= 4 is 0 Å². The minimum Gasteiger partial charge on any atom is -0.298 e.